The molecule has 4 rings (SSSR count). The maximum Gasteiger partial charge on any atom is 0.265 e. The Morgan fingerprint density at radius 1 is 1.29 bits per heavy atom. The molecule has 2 fully saturated rings. The molecule has 3 heterocycles. The lowest BCUT2D eigenvalue weighted by Gasteiger charge is -2.31. The molecule has 170 valence electrons. The van der Waals surface area contributed by atoms with Crippen LogP contribution in [-0.4, -0.2) is 45.9 Å². The highest BCUT2D eigenvalue weighted by molar-refractivity contribution is 5.80. The van der Waals surface area contributed by atoms with Gasteiger partial charge in [-0.1, -0.05) is 0 Å². The van der Waals surface area contributed by atoms with E-state index in [4.69, 9.17) is 5.73 Å². The van der Waals surface area contributed by atoms with E-state index < -0.39 is 42.7 Å². The number of imidazole rings is 1. The summed E-state index contributed by atoms with van der Waals surface area (Å²) in [5.74, 6) is -6.99. The summed E-state index contributed by atoms with van der Waals surface area (Å²) in [6, 6.07) is 1.22. The summed E-state index contributed by atoms with van der Waals surface area (Å²) in [7, 11) is 1.67. The van der Waals surface area contributed by atoms with Gasteiger partial charge in [-0.05, 0) is 18.8 Å². The van der Waals surface area contributed by atoms with E-state index in [0.717, 1.165) is 0 Å². The van der Waals surface area contributed by atoms with Crippen molar-refractivity contribution >= 4 is 17.2 Å². The van der Waals surface area contributed by atoms with Crippen LogP contribution in [0.15, 0.2) is 12.3 Å². The minimum Gasteiger partial charge on any atom is -0.386 e. The third-order valence-corrected chi connectivity index (χ3v) is 6.30. The smallest absolute Gasteiger partial charge is 0.265 e. The predicted octanol–water partition coefficient (Wildman–Crippen LogP) is 2.91. The summed E-state index contributed by atoms with van der Waals surface area (Å²) in [5, 5.41) is 9.71. The number of rotatable bonds is 5. The van der Waals surface area contributed by atoms with Crippen LogP contribution in [0.4, 0.5) is 23.2 Å². The van der Waals surface area contributed by atoms with Gasteiger partial charge in [-0.3, -0.25) is 4.79 Å². The molecule has 0 bridgehead atoms. The second-order valence-electron chi connectivity index (χ2n) is 8.62. The largest absolute Gasteiger partial charge is 0.386 e. The minimum absolute atomic E-state index is 0.0464. The first kappa shape index (κ1) is 21.8. The van der Waals surface area contributed by atoms with Gasteiger partial charge in [0.1, 0.15) is 0 Å². The van der Waals surface area contributed by atoms with Crippen molar-refractivity contribution in [1.29, 1.82) is 0 Å². The van der Waals surface area contributed by atoms with E-state index in [-0.39, 0.29) is 25.2 Å². The summed E-state index contributed by atoms with van der Waals surface area (Å²) in [5.41, 5.74) is 8.41. The minimum atomic E-state index is -2.95. The van der Waals surface area contributed by atoms with Gasteiger partial charge in [0.25, 0.3) is 5.92 Å². The zero-order valence-electron chi connectivity index (χ0n) is 17.2. The number of carbonyl (C=O) groups is 1. The van der Waals surface area contributed by atoms with Crippen molar-refractivity contribution in [2.75, 3.05) is 18.9 Å². The molecule has 2 aromatic rings. The van der Waals surface area contributed by atoms with Gasteiger partial charge in [-0.25, -0.2) is 27.1 Å². The number of fused-ring (bicyclic) bond motifs is 1. The molecule has 1 saturated carbocycles. The fraction of sp³-hybridized carbons (Fsp3) is 0.650. The number of halogens is 4. The van der Waals surface area contributed by atoms with E-state index >= 15 is 0 Å². The van der Waals surface area contributed by atoms with Crippen LogP contribution in [0.3, 0.4) is 0 Å². The number of hydrogen-bond donors (Lipinski definition) is 3. The number of anilines is 1. The lowest BCUT2D eigenvalue weighted by Crippen LogP contribution is -2.48. The maximum absolute atomic E-state index is 13.8. The van der Waals surface area contributed by atoms with Gasteiger partial charge in [0.05, 0.1) is 35.9 Å². The van der Waals surface area contributed by atoms with Crippen LogP contribution in [0.2, 0.25) is 0 Å². The van der Waals surface area contributed by atoms with Gasteiger partial charge in [0.2, 0.25) is 11.8 Å². The first-order valence-electron chi connectivity index (χ1n) is 10.4. The summed E-state index contributed by atoms with van der Waals surface area (Å²) >= 11 is 0. The Morgan fingerprint density at radius 3 is 2.68 bits per heavy atom. The molecule has 31 heavy (non-hydrogen) atoms. The molecule has 0 unspecified atom stereocenters. The molecule has 0 aromatic carbocycles. The van der Waals surface area contributed by atoms with Crippen molar-refractivity contribution in [3.8, 4) is 0 Å². The van der Waals surface area contributed by atoms with Gasteiger partial charge in [-0.2, -0.15) is 5.10 Å². The number of aromatic nitrogens is 3. The zero-order chi connectivity index (χ0) is 22.4. The van der Waals surface area contributed by atoms with Crippen LogP contribution < -0.4 is 16.4 Å². The van der Waals surface area contributed by atoms with Crippen LogP contribution in [0.1, 0.15) is 49.5 Å². The van der Waals surface area contributed by atoms with E-state index in [2.05, 4.69) is 20.7 Å². The monoisotopic (exact) mass is 442 g/mol. The quantitative estimate of drug-likeness (QED) is 0.619. The van der Waals surface area contributed by atoms with E-state index in [1.54, 1.807) is 19.3 Å². The fourth-order valence-corrected chi connectivity index (χ4v) is 4.45. The molecule has 7 nitrogen and oxygen atoms in total. The Balaban J connectivity index is 1.57. The van der Waals surface area contributed by atoms with Crippen LogP contribution in [0.25, 0.3) is 5.65 Å². The number of carbonyl (C=O) groups excluding carboxylic acids is 1. The number of hydrogen-bond acceptors (Lipinski definition) is 5. The first-order valence-corrected chi connectivity index (χ1v) is 10.4. The van der Waals surface area contributed by atoms with Gasteiger partial charge in [0.15, 0.2) is 5.65 Å². The van der Waals surface area contributed by atoms with Crippen LogP contribution >= 0.6 is 0 Å². The molecule has 2 aliphatic rings. The second-order valence-corrected chi connectivity index (χ2v) is 8.62. The highest BCUT2D eigenvalue weighted by atomic mass is 19.3. The van der Waals surface area contributed by atoms with Gasteiger partial charge < -0.3 is 16.4 Å². The molecule has 4 N–H and O–H groups in total. The Kier molecular flexibility index (Phi) is 5.57. The Hall–Kier alpha value is -2.43. The topological polar surface area (TPSA) is 97.3 Å². The highest BCUT2D eigenvalue weighted by Gasteiger charge is 2.41. The van der Waals surface area contributed by atoms with Gasteiger partial charge in [0, 0.05) is 44.7 Å². The fourth-order valence-electron chi connectivity index (χ4n) is 4.45. The van der Waals surface area contributed by atoms with E-state index in [9.17, 15) is 22.4 Å². The molecule has 0 radical (unpaired) electrons. The average Bonchev–Trinajstić information content (AvgIpc) is 3.12. The van der Waals surface area contributed by atoms with Crippen molar-refractivity contribution in [3.63, 3.8) is 0 Å². The number of alkyl halides is 4. The lowest BCUT2D eigenvalue weighted by atomic mass is 9.81. The molecule has 1 aliphatic carbocycles. The van der Waals surface area contributed by atoms with Crippen molar-refractivity contribution in [2.45, 2.75) is 56.4 Å². The van der Waals surface area contributed by atoms with Crippen molar-refractivity contribution in [2.24, 2.45) is 17.6 Å². The number of nitrogens with one attached hydrogen (secondary N) is 2. The third kappa shape index (κ3) is 4.60. The number of piperidine rings is 1. The Bertz CT molecular complexity index is 968. The van der Waals surface area contributed by atoms with Crippen LogP contribution in [0, 0.1) is 11.8 Å². The molecule has 1 amide bonds. The lowest BCUT2D eigenvalue weighted by molar-refractivity contribution is -0.136. The van der Waals surface area contributed by atoms with Crippen molar-refractivity contribution in [1.82, 2.24) is 19.9 Å². The molecule has 0 spiro atoms. The highest BCUT2D eigenvalue weighted by Crippen LogP contribution is 2.40. The maximum atomic E-state index is 13.8. The molecular formula is C20H26F4N6O. The number of nitrogens with two attached hydrogens (primary N) is 1. The summed E-state index contributed by atoms with van der Waals surface area (Å²) < 4.78 is 55.9. The molecule has 1 saturated heterocycles. The summed E-state index contributed by atoms with van der Waals surface area (Å²) in [4.78, 5) is 16.6. The molecule has 2 atom stereocenters. The molecule has 1 aliphatic heterocycles. The number of nitrogens with zero attached hydrogens (tertiary/aromatic N) is 3. The average molecular weight is 442 g/mol. The van der Waals surface area contributed by atoms with Crippen molar-refractivity contribution in [3.05, 3.63) is 23.7 Å². The van der Waals surface area contributed by atoms with E-state index in [1.165, 1.54) is 4.52 Å². The van der Waals surface area contributed by atoms with Crippen LogP contribution in [-0.2, 0) is 11.2 Å². The Labute approximate surface area is 176 Å². The SMILES string of the molecule is CNc1cc2nc([C@@H](N)C3CCC(F)(F)CC3)cn2nc1C[C@H]1CC(F)(F)CNC1=O. The Morgan fingerprint density at radius 2 is 2.00 bits per heavy atom. The molecule has 2 aromatic heterocycles. The van der Waals surface area contributed by atoms with E-state index in [0.29, 0.717) is 35.6 Å². The number of amides is 1. The second kappa shape index (κ2) is 7.92. The van der Waals surface area contributed by atoms with Gasteiger partial charge >= 0.3 is 0 Å². The van der Waals surface area contributed by atoms with E-state index in [1.807, 2.05) is 0 Å². The van der Waals surface area contributed by atoms with Gasteiger partial charge in [-0.15, -0.1) is 0 Å². The summed E-state index contributed by atoms with van der Waals surface area (Å²) in [6.45, 7) is -0.649. The normalized spacial score (nSPS) is 24.7. The summed E-state index contributed by atoms with van der Waals surface area (Å²) in [6.07, 6.45) is 1.45. The molecular weight excluding hydrogens is 416 g/mol. The zero-order valence-corrected chi connectivity index (χ0v) is 17.2. The van der Waals surface area contributed by atoms with Crippen molar-refractivity contribution < 1.29 is 22.4 Å². The third-order valence-electron chi connectivity index (χ3n) is 6.30. The van der Waals surface area contributed by atoms with Crippen LogP contribution in [0.5, 0.6) is 0 Å². The first-order chi connectivity index (χ1) is 14.6. The predicted molar refractivity (Wildman–Crippen MR) is 106 cm³/mol. The molecule has 11 heteroatoms. The standard InChI is InChI=1S/C20H26F4N6O/c1-26-13-7-16-28-15(17(25)11-2-4-19(21,22)5-3-11)9-30(16)29-14(13)6-12-8-20(23,24)10-27-18(12)31/h7,9,11-12,17,26H,2-6,8,10,25H2,1H3,(H,27,31)/t12-,17-/m0/s1.